The van der Waals surface area contributed by atoms with Gasteiger partial charge < -0.3 is 10.3 Å². The van der Waals surface area contributed by atoms with Crippen molar-refractivity contribution in [1.29, 1.82) is 0 Å². The molecule has 0 spiro atoms. The average Bonchev–Trinajstić information content (AvgIpc) is 2.68. The smallest absolute Gasteiger partial charge is 0.0483 e. The Balaban J connectivity index is 2.33. The third kappa shape index (κ3) is 2.52. The van der Waals surface area contributed by atoms with Crippen LogP contribution in [0.3, 0.4) is 0 Å². The lowest BCUT2D eigenvalue weighted by Crippen LogP contribution is -2.06. The minimum absolute atomic E-state index is 0.621. The Labute approximate surface area is 103 Å². The highest BCUT2D eigenvalue weighted by Gasteiger charge is 2.09. The molecule has 1 unspecified atom stereocenters. The molecule has 0 amide bonds. The Morgan fingerprint density at radius 3 is 2.76 bits per heavy atom. The zero-order valence-electron chi connectivity index (χ0n) is 10.8. The van der Waals surface area contributed by atoms with Gasteiger partial charge in [0.25, 0.3) is 0 Å². The van der Waals surface area contributed by atoms with Crippen molar-refractivity contribution in [2.45, 2.75) is 39.8 Å². The Bertz CT molecular complexity index is 485. The maximum atomic E-state index is 5.81. The van der Waals surface area contributed by atoms with E-state index < -0.39 is 0 Å². The van der Waals surface area contributed by atoms with Crippen molar-refractivity contribution in [1.82, 2.24) is 4.57 Å². The Hall–Kier alpha value is -1.28. The molecule has 1 heterocycles. The second-order valence-electron chi connectivity index (χ2n) is 4.92. The number of aromatic nitrogens is 1. The predicted molar refractivity (Wildman–Crippen MR) is 73.9 cm³/mol. The first-order valence-electron chi connectivity index (χ1n) is 6.53. The summed E-state index contributed by atoms with van der Waals surface area (Å²) in [6, 6.07) is 8.54. The van der Waals surface area contributed by atoms with Gasteiger partial charge in [-0.2, -0.15) is 0 Å². The average molecular weight is 230 g/mol. The summed E-state index contributed by atoms with van der Waals surface area (Å²) in [4.78, 5) is 0. The van der Waals surface area contributed by atoms with Crippen LogP contribution >= 0.6 is 0 Å². The van der Waals surface area contributed by atoms with Crippen LogP contribution in [0.5, 0.6) is 0 Å². The molecule has 2 nitrogen and oxygen atoms in total. The van der Waals surface area contributed by atoms with Crippen molar-refractivity contribution in [3.63, 3.8) is 0 Å². The first-order chi connectivity index (χ1) is 8.26. The monoisotopic (exact) mass is 230 g/mol. The number of fused-ring (bicyclic) bond motifs is 1. The number of benzene rings is 1. The van der Waals surface area contributed by atoms with E-state index in [-0.39, 0.29) is 0 Å². The van der Waals surface area contributed by atoms with Crippen LogP contribution in [0, 0.1) is 5.92 Å². The first kappa shape index (κ1) is 12.2. The van der Waals surface area contributed by atoms with Gasteiger partial charge in [0.05, 0.1) is 0 Å². The summed E-state index contributed by atoms with van der Waals surface area (Å²) in [5.41, 5.74) is 8.38. The maximum Gasteiger partial charge on any atom is 0.0483 e. The van der Waals surface area contributed by atoms with Gasteiger partial charge in [-0.05, 0) is 24.0 Å². The highest BCUT2D eigenvalue weighted by atomic mass is 15.0. The van der Waals surface area contributed by atoms with Crippen molar-refractivity contribution >= 4 is 10.9 Å². The van der Waals surface area contributed by atoms with Crippen LogP contribution in [0.2, 0.25) is 0 Å². The quantitative estimate of drug-likeness (QED) is 0.837. The molecule has 17 heavy (non-hydrogen) atoms. The van der Waals surface area contributed by atoms with Gasteiger partial charge in [0.15, 0.2) is 0 Å². The molecule has 2 N–H and O–H groups in total. The molecule has 0 saturated carbocycles. The molecule has 0 aliphatic rings. The number of hydrogen-bond acceptors (Lipinski definition) is 1. The maximum absolute atomic E-state index is 5.81. The van der Waals surface area contributed by atoms with Crippen molar-refractivity contribution < 1.29 is 0 Å². The van der Waals surface area contributed by atoms with Gasteiger partial charge in [0.2, 0.25) is 0 Å². The van der Waals surface area contributed by atoms with E-state index in [1.807, 2.05) is 0 Å². The van der Waals surface area contributed by atoms with Gasteiger partial charge in [-0.1, -0.05) is 38.5 Å². The summed E-state index contributed by atoms with van der Waals surface area (Å²) in [5.74, 6) is 0.724. The lowest BCUT2D eigenvalue weighted by atomic mass is 10.1. The van der Waals surface area contributed by atoms with E-state index >= 15 is 0 Å². The molecule has 92 valence electrons. The number of hydrogen-bond donors (Lipinski definition) is 1. The molecule has 0 fully saturated rings. The van der Waals surface area contributed by atoms with E-state index in [0.717, 1.165) is 12.5 Å². The summed E-state index contributed by atoms with van der Waals surface area (Å²) in [7, 11) is 0. The van der Waals surface area contributed by atoms with Crippen molar-refractivity contribution in [3.05, 3.63) is 36.0 Å². The summed E-state index contributed by atoms with van der Waals surface area (Å²) in [5, 5.41) is 1.30. The van der Waals surface area contributed by atoms with Crippen LogP contribution in [0.25, 0.3) is 10.9 Å². The predicted octanol–water partition coefficient (Wildman–Crippen LogP) is 3.54. The van der Waals surface area contributed by atoms with Crippen LogP contribution in [0.4, 0.5) is 0 Å². The fraction of sp³-hybridized carbons (Fsp3) is 0.467. The first-order valence-corrected chi connectivity index (χ1v) is 6.53. The summed E-state index contributed by atoms with van der Waals surface area (Å²) >= 11 is 0. The third-order valence-corrected chi connectivity index (χ3v) is 3.38. The molecule has 0 radical (unpaired) electrons. The zero-order valence-corrected chi connectivity index (χ0v) is 10.8. The van der Waals surface area contributed by atoms with E-state index in [1.165, 1.54) is 29.3 Å². The highest BCUT2D eigenvalue weighted by molar-refractivity contribution is 5.83. The van der Waals surface area contributed by atoms with E-state index in [9.17, 15) is 0 Å². The molecule has 0 aliphatic heterocycles. The van der Waals surface area contributed by atoms with Crippen LogP contribution in [-0.4, -0.2) is 4.57 Å². The molecule has 2 rings (SSSR count). The highest BCUT2D eigenvalue weighted by Crippen LogP contribution is 2.22. The topological polar surface area (TPSA) is 30.9 Å². The zero-order chi connectivity index (χ0) is 12.3. The SMILES string of the molecule is CCCC(C)Cn1cc(CN)c2ccccc21. The van der Waals surface area contributed by atoms with Crippen molar-refractivity contribution in [2.75, 3.05) is 0 Å². The summed E-state index contributed by atoms with van der Waals surface area (Å²) in [6.45, 7) is 6.28. The van der Waals surface area contributed by atoms with Crippen molar-refractivity contribution in [3.8, 4) is 0 Å². The van der Waals surface area contributed by atoms with Gasteiger partial charge in [-0.25, -0.2) is 0 Å². The minimum atomic E-state index is 0.621. The molecular weight excluding hydrogens is 208 g/mol. The standard InChI is InChI=1S/C15H22N2/c1-3-6-12(2)10-17-11-13(9-16)14-7-4-5-8-15(14)17/h4-5,7-8,11-12H,3,6,9-10,16H2,1-2H3. The van der Waals surface area contributed by atoms with Crippen LogP contribution in [0.15, 0.2) is 30.5 Å². The third-order valence-electron chi connectivity index (χ3n) is 3.38. The Morgan fingerprint density at radius 1 is 1.29 bits per heavy atom. The summed E-state index contributed by atoms with van der Waals surface area (Å²) < 4.78 is 2.36. The lowest BCUT2D eigenvalue weighted by molar-refractivity contribution is 0.453. The van der Waals surface area contributed by atoms with Crippen LogP contribution in [0.1, 0.15) is 32.3 Å². The fourth-order valence-electron chi connectivity index (χ4n) is 2.56. The van der Waals surface area contributed by atoms with Gasteiger partial charge in [-0.15, -0.1) is 0 Å². The molecule has 1 atom stereocenters. The largest absolute Gasteiger partial charge is 0.347 e. The molecule has 2 heteroatoms. The minimum Gasteiger partial charge on any atom is -0.347 e. The Morgan fingerprint density at radius 2 is 2.06 bits per heavy atom. The molecule has 2 aromatic rings. The number of para-hydroxylation sites is 1. The molecule has 0 saturated heterocycles. The molecule has 0 aliphatic carbocycles. The number of rotatable bonds is 5. The molecular formula is C15H22N2. The van der Waals surface area contributed by atoms with Gasteiger partial charge in [0.1, 0.15) is 0 Å². The van der Waals surface area contributed by atoms with E-state index in [4.69, 9.17) is 5.73 Å². The molecule has 0 bridgehead atoms. The molecule has 1 aromatic heterocycles. The summed E-state index contributed by atoms with van der Waals surface area (Å²) in [6.07, 6.45) is 4.76. The van der Waals surface area contributed by atoms with Crippen LogP contribution < -0.4 is 5.73 Å². The van der Waals surface area contributed by atoms with E-state index in [2.05, 4.69) is 48.9 Å². The van der Waals surface area contributed by atoms with E-state index in [1.54, 1.807) is 0 Å². The normalized spacial score (nSPS) is 13.1. The molecule has 1 aromatic carbocycles. The number of nitrogens with two attached hydrogens (primary N) is 1. The second kappa shape index (κ2) is 5.37. The van der Waals surface area contributed by atoms with Gasteiger partial charge in [0, 0.05) is 30.2 Å². The van der Waals surface area contributed by atoms with Gasteiger partial charge in [-0.3, -0.25) is 0 Å². The fourth-order valence-corrected chi connectivity index (χ4v) is 2.56. The van der Waals surface area contributed by atoms with Gasteiger partial charge >= 0.3 is 0 Å². The second-order valence-corrected chi connectivity index (χ2v) is 4.92. The van der Waals surface area contributed by atoms with Crippen molar-refractivity contribution in [2.24, 2.45) is 11.7 Å². The Kier molecular flexibility index (Phi) is 3.85. The lowest BCUT2D eigenvalue weighted by Gasteiger charge is -2.12. The van der Waals surface area contributed by atoms with E-state index in [0.29, 0.717) is 6.54 Å². The van der Waals surface area contributed by atoms with Crippen LogP contribution in [-0.2, 0) is 13.1 Å². The number of nitrogens with zero attached hydrogens (tertiary/aromatic N) is 1.